The summed E-state index contributed by atoms with van der Waals surface area (Å²) < 4.78 is 4.44. The largest absolute Gasteiger partial charge is 0.466 e. The molecule has 0 aliphatic heterocycles. The fraction of sp³-hybridized carbons (Fsp3) is 0.267. The Morgan fingerprint density at radius 2 is 2.05 bits per heavy atom. The van der Waals surface area contributed by atoms with Crippen molar-refractivity contribution in [3.05, 3.63) is 40.9 Å². The van der Waals surface area contributed by atoms with Gasteiger partial charge in [0.25, 0.3) is 0 Å². The number of benzene rings is 1. The maximum atomic E-state index is 12.2. The van der Waals surface area contributed by atoms with Crippen molar-refractivity contribution in [2.24, 2.45) is 0 Å². The van der Waals surface area contributed by atoms with Crippen molar-refractivity contribution in [2.45, 2.75) is 19.8 Å². The van der Waals surface area contributed by atoms with Crippen molar-refractivity contribution in [1.29, 1.82) is 0 Å². The van der Waals surface area contributed by atoms with Gasteiger partial charge < -0.3 is 10.1 Å². The summed E-state index contributed by atoms with van der Waals surface area (Å²) in [5, 5.41) is 3.00. The highest BCUT2D eigenvalue weighted by atomic mass is 35.5. The van der Waals surface area contributed by atoms with Crippen molar-refractivity contribution in [3.8, 4) is 0 Å². The first-order valence-corrected chi connectivity index (χ1v) is 6.66. The number of allylic oxidation sites excluding steroid dienone is 1. The van der Waals surface area contributed by atoms with Crippen LogP contribution in [0.15, 0.2) is 30.4 Å². The summed E-state index contributed by atoms with van der Waals surface area (Å²) in [6.07, 6.45) is 3.41. The first-order valence-electron chi connectivity index (χ1n) is 6.29. The van der Waals surface area contributed by atoms with Crippen molar-refractivity contribution in [2.75, 3.05) is 12.4 Å². The third-order valence-corrected chi connectivity index (χ3v) is 2.82. The maximum absolute atomic E-state index is 12.2. The second kappa shape index (κ2) is 8.21. The van der Waals surface area contributed by atoms with E-state index in [1.54, 1.807) is 18.2 Å². The standard InChI is InChI=1S/C15H16ClNO4/c1-10(18)17-13-8-7-11(16)9-12(13)14(19)5-3-4-6-15(20)21-2/h4,6-9H,3,5H2,1-2H3,(H,17,18)/b6-4+. The molecule has 0 fully saturated rings. The van der Waals surface area contributed by atoms with Gasteiger partial charge in [-0.25, -0.2) is 4.79 Å². The van der Waals surface area contributed by atoms with Crippen LogP contribution in [0, 0.1) is 0 Å². The number of esters is 1. The molecule has 0 radical (unpaired) electrons. The molecule has 0 atom stereocenters. The molecular formula is C15H16ClNO4. The Labute approximate surface area is 127 Å². The summed E-state index contributed by atoms with van der Waals surface area (Å²) in [6.45, 7) is 1.36. The zero-order valence-corrected chi connectivity index (χ0v) is 12.6. The minimum Gasteiger partial charge on any atom is -0.466 e. The molecule has 0 unspecified atom stereocenters. The number of nitrogens with one attached hydrogen (secondary N) is 1. The first-order chi connectivity index (χ1) is 9.93. The third-order valence-electron chi connectivity index (χ3n) is 2.59. The average Bonchev–Trinajstić information content (AvgIpc) is 2.44. The number of carbonyl (C=O) groups excluding carboxylic acids is 3. The van der Waals surface area contributed by atoms with E-state index in [1.807, 2.05) is 0 Å². The van der Waals surface area contributed by atoms with Crippen molar-refractivity contribution < 1.29 is 19.1 Å². The number of hydrogen-bond donors (Lipinski definition) is 1. The van der Waals surface area contributed by atoms with Crippen LogP contribution in [0.25, 0.3) is 0 Å². The molecule has 0 bridgehead atoms. The molecule has 0 aliphatic carbocycles. The Morgan fingerprint density at radius 1 is 1.33 bits per heavy atom. The molecule has 21 heavy (non-hydrogen) atoms. The third kappa shape index (κ3) is 5.79. The monoisotopic (exact) mass is 309 g/mol. The van der Waals surface area contributed by atoms with Crippen LogP contribution in [0.5, 0.6) is 0 Å². The number of anilines is 1. The Morgan fingerprint density at radius 3 is 2.67 bits per heavy atom. The summed E-state index contributed by atoms with van der Waals surface area (Å²) in [5.74, 6) is -0.906. The van der Waals surface area contributed by atoms with Crippen LogP contribution in [0.2, 0.25) is 5.02 Å². The number of ketones is 1. The van der Waals surface area contributed by atoms with Gasteiger partial charge in [-0.3, -0.25) is 9.59 Å². The zero-order chi connectivity index (χ0) is 15.8. The lowest BCUT2D eigenvalue weighted by atomic mass is 10.0. The molecule has 0 spiro atoms. The summed E-state index contributed by atoms with van der Waals surface area (Å²) in [7, 11) is 1.28. The van der Waals surface area contributed by atoms with Crippen LogP contribution in [-0.2, 0) is 14.3 Å². The van der Waals surface area contributed by atoms with E-state index in [9.17, 15) is 14.4 Å². The molecule has 112 valence electrons. The Bertz CT molecular complexity index is 581. The topological polar surface area (TPSA) is 72.5 Å². The van der Waals surface area contributed by atoms with E-state index in [0.29, 0.717) is 22.7 Å². The van der Waals surface area contributed by atoms with Gasteiger partial charge in [-0.2, -0.15) is 0 Å². The van der Waals surface area contributed by atoms with Gasteiger partial charge in [0.05, 0.1) is 12.8 Å². The van der Waals surface area contributed by atoms with E-state index in [4.69, 9.17) is 11.6 Å². The second-order valence-corrected chi connectivity index (χ2v) is 4.69. The molecule has 6 heteroatoms. The fourth-order valence-electron chi connectivity index (χ4n) is 1.64. The number of halogens is 1. The molecule has 0 aliphatic rings. The Hall–Kier alpha value is -2.14. The SMILES string of the molecule is COC(=O)/C=C/CCC(=O)c1cc(Cl)ccc1NC(C)=O. The number of methoxy groups -OCH3 is 1. The van der Waals surface area contributed by atoms with Crippen LogP contribution in [0.1, 0.15) is 30.1 Å². The average molecular weight is 310 g/mol. The lowest BCUT2D eigenvalue weighted by molar-refractivity contribution is -0.134. The van der Waals surface area contributed by atoms with Crippen molar-refractivity contribution in [3.63, 3.8) is 0 Å². The molecule has 1 amide bonds. The normalized spacial score (nSPS) is 10.4. The van der Waals surface area contributed by atoms with E-state index in [0.717, 1.165) is 0 Å². The fourth-order valence-corrected chi connectivity index (χ4v) is 1.81. The highest BCUT2D eigenvalue weighted by molar-refractivity contribution is 6.31. The van der Waals surface area contributed by atoms with Gasteiger partial charge in [-0.15, -0.1) is 0 Å². The van der Waals surface area contributed by atoms with Crippen LogP contribution in [0.4, 0.5) is 5.69 Å². The molecule has 0 saturated heterocycles. The minimum absolute atomic E-state index is 0.171. The van der Waals surface area contributed by atoms with E-state index in [1.165, 1.54) is 26.2 Å². The quantitative estimate of drug-likeness (QED) is 0.498. The second-order valence-electron chi connectivity index (χ2n) is 4.26. The van der Waals surface area contributed by atoms with E-state index >= 15 is 0 Å². The molecule has 0 aromatic heterocycles. The summed E-state index contributed by atoms with van der Waals surface area (Å²) in [6, 6.07) is 4.70. The van der Waals surface area contributed by atoms with Crippen molar-refractivity contribution in [1.82, 2.24) is 0 Å². The molecule has 5 nitrogen and oxygen atoms in total. The van der Waals surface area contributed by atoms with Gasteiger partial charge in [-0.1, -0.05) is 17.7 Å². The van der Waals surface area contributed by atoms with Gasteiger partial charge in [0, 0.05) is 30.0 Å². The lowest BCUT2D eigenvalue weighted by Crippen LogP contribution is -2.11. The van der Waals surface area contributed by atoms with Gasteiger partial charge in [0.1, 0.15) is 0 Å². The van der Waals surface area contributed by atoms with Crippen LogP contribution >= 0.6 is 11.6 Å². The van der Waals surface area contributed by atoms with E-state index < -0.39 is 5.97 Å². The van der Waals surface area contributed by atoms with Crippen LogP contribution in [0.3, 0.4) is 0 Å². The van der Waals surface area contributed by atoms with Gasteiger partial charge >= 0.3 is 5.97 Å². The minimum atomic E-state index is -0.468. The van der Waals surface area contributed by atoms with Gasteiger partial charge in [0.15, 0.2) is 5.78 Å². The first kappa shape index (κ1) is 16.9. The van der Waals surface area contributed by atoms with Gasteiger partial charge in [-0.05, 0) is 24.6 Å². The predicted molar refractivity (Wildman–Crippen MR) is 80.5 cm³/mol. The van der Waals surface area contributed by atoms with E-state index in [2.05, 4.69) is 10.1 Å². The molecule has 1 aromatic carbocycles. The van der Waals surface area contributed by atoms with E-state index in [-0.39, 0.29) is 18.1 Å². The van der Waals surface area contributed by atoms with Crippen LogP contribution < -0.4 is 5.32 Å². The highest BCUT2D eigenvalue weighted by Gasteiger charge is 2.12. The molecule has 0 heterocycles. The molecule has 1 N–H and O–H groups in total. The van der Waals surface area contributed by atoms with Crippen LogP contribution in [-0.4, -0.2) is 24.8 Å². The summed E-state index contributed by atoms with van der Waals surface area (Å²) in [5.41, 5.74) is 0.776. The molecule has 0 saturated carbocycles. The molecule has 1 aromatic rings. The number of carbonyl (C=O) groups is 3. The Kier molecular flexibility index (Phi) is 6.62. The summed E-state index contributed by atoms with van der Waals surface area (Å²) >= 11 is 5.88. The van der Waals surface area contributed by atoms with Gasteiger partial charge in [0.2, 0.25) is 5.91 Å². The molecule has 1 rings (SSSR count). The lowest BCUT2D eigenvalue weighted by Gasteiger charge is -2.09. The van der Waals surface area contributed by atoms with Crippen molar-refractivity contribution >= 4 is 34.9 Å². The smallest absolute Gasteiger partial charge is 0.330 e. The highest BCUT2D eigenvalue weighted by Crippen LogP contribution is 2.22. The number of ether oxygens (including phenoxy) is 1. The maximum Gasteiger partial charge on any atom is 0.330 e. The number of hydrogen-bond acceptors (Lipinski definition) is 4. The number of rotatable bonds is 6. The zero-order valence-electron chi connectivity index (χ0n) is 11.8. The Balaban J connectivity index is 2.77. The summed E-state index contributed by atoms with van der Waals surface area (Å²) in [4.78, 5) is 34.2. The number of amides is 1. The number of Topliss-reactive ketones (excluding diaryl/α,β-unsaturated/α-hetero) is 1. The molecular weight excluding hydrogens is 294 g/mol. The predicted octanol–water partition coefficient (Wildman–Crippen LogP) is 2.99.